The Morgan fingerprint density at radius 1 is 1.28 bits per heavy atom. The van der Waals surface area contributed by atoms with Crippen LogP contribution in [0.4, 0.5) is 5.69 Å². The van der Waals surface area contributed by atoms with Crippen LogP contribution < -0.4 is 10.9 Å². The first-order valence-corrected chi connectivity index (χ1v) is 13.4. The molecule has 1 aliphatic heterocycles. The molecule has 10 heteroatoms. The molecule has 2 heterocycles. The van der Waals surface area contributed by atoms with Gasteiger partial charge in [-0.1, -0.05) is 39.5 Å². The highest BCUT2D eigenvalue weighted by Crippen LogP contribution is 2.33. The van der Waals surface area contributed by atoms with Crippen molar-refractivity contribution in [3.63, 3.8) is 0 Å². The van der Waals surface area contributed by atoms with E-state index in [2.05, 4.69) is 28.7 Å². The number of sulfonamides is 1. The van der Waals surface area contributed by atoms with Crippen molar-refractivity contribution in [1.29, 1.82) is 0 Å². The topological polar surface area (TPSA) is 114 Å². The molecule has 2 aromatic rings. The number of nitrogens with one attached hydrogen (secondary N) is 1. The highest BCUT2D eigenvalue weighted by molar-refractivity contribution is 14.1. The molecule has 0 unspecified atom stereocenters. The van der Waals surface area contributed by atoms with E-state index >= 15 is 0 Å². The number of aryl methyl sites for hydroxylation is 1. The molecule has 1 aromatic heterocycles. The van der Waals surface area contributed by atoms with Gasteiger partial charge in [0.2, 0.25) is 0 Å². The maximum absolute atomic E-state index is 13.3. The fraction of sp³-hybridized carbons (Fsp3) is 0.500. The van der Waals surface area contributed by atoms with Gasteiger partial charge < -0.3 is 10.4 Å². The van der Waals surface area contributed by atoms with Gasteiger partial charge in [0.25, 0.3) is 15.6 Å². The van der Waals surface area contributed by atoms with Crippen LogP contribution in [-0.2, 0) is 23.0 Å². The predicted octanol–water partition coefficient (Wildman–Crippen LogP) is 3.89. The molecule has 0 saturated heterocycles. The third-order valence-electron chi connectivity index (χ3n) is 6.00. The number of aromatic hydroxyl groups is 1. The number of halogens is 1. The second kappa shape index (κ2) is 9.12. The highest BCUT2D eigenvalue weighted by Gasteiger charge is 2.31. The van der Waals surface area contributed by atoms with Crippen molar-refractivity contribution in [2.45, 2.75) is 63.8 Å². The van der Waals surface area contributed by atoms with Gasteiger partial charge in [0, 0.05) is 10.1 Å². The van der Waals surface area contributed by atoms with E-state index in [9.17, 15) is 18.3 Å². The quantitative estimate of drug-likeness (QED) is 0.510. The van der Waals surface area contributed by atoms with E-state index in [1.54, 1.807) is 12.1 Å². The number of nitrogens with zero attached hydrogens (tertiary/aromatic N) is 3. The summed E-state index contributed by atoms with van der Waals surface area (Å²) in [5.41, 5.74) is 0.0703. The summed E-state index contributed by atoms with van der Waals surface area (Å²) in [7, 11) is -4.03. The Morgan fingerprint density at radius 3 is 2.69 bits per heavy atom. The number of rotatable bonds is 6. The average molecular weight is 570 g/mol. The van der Waals surface area contributed by atoms with Gasteiger partial charge in [0.15, 0.2) is 11.6 Å². The highest BCUT2D eigenvalue weighted by atomic mass is 127. The first kappa shape index (κ1) is 23.2. The number of hydrogen-bond acceptors (Lipinski definition) is 6. The monoisotopic (exact) mass is 570 g/mol. The Bertz CT molecular complexity index is 1230. The zero-order valence-corrected chi connectivity index (χ0v) is 21.1. The van der Waals surface area contributed by atoms with Crippen LogP contribution in [0.3, 0.4) is 0 Å². The second-order valence-corrected chi connectivity index (χ2v) is 11.7. The van der Waals surface area contributed by atoms with Crippen molar-refractivity contribution < 1.29 is 13.5 Å². The van der Waals surface area contributed by atoms with E-state index in [1.807, 2.05) is 22.6 Å². The van der Waals surface area contributed by atoms with E-state index in [4.69, 9.17) is 0 Å². The van der Waals surface area contributed by atoms with E-state index in [0.29, 0.717) is 36.2 Å². The maximum atomic E-state index is 13.3. The van der Waals surface area contributed by atoms with Crippen LogP contribution in [0.5, 0.6) is 5.75 Å². The van der Waals surface area contributed by atoms with Crippen LogP contribution in [-0.4, -0.2) is 29.1 Å². The van der Waals surface area contributed by atoms with E-state index < -0.39 is 15.6 Å². The predicted molar refractivity (Wildman–Crippen MR) is 132 cm³/mol. The SMILES string of the molecule is CC(C)CCn1nc(CC2CCCC2)c(O)c(C2=NS(=O)(=O)c3cc(I)ccc3N2)c1=O. The molecule has 1 aromatic carbocycles. The van der Waals surface area contributed by atoms with Crippen LogP contribution in [0.15, 0.2) is 32.3 Å². The van der Waals surface area contributed by atoms with Crippen LogP contribution in [0.2, 0.25) is 0 Å². The van der Waals surface area contributed by atoms with Crippen molar-refractivity contribution in [3.05, 3.63) is 43.4 Å². The van der Waals surface area contributed by atoms with Crippen molar-refractivity contribution in [1.82, 2.24) is 9.78 Å². The van der Waals surface area contributed by atoms with Gasteiger partial charge in [0.1, 0.15) is 16.2 Å². The smallest absolute Gasteiger partial charge is 0.286 e. The lowest BCUT2D eigenvalue weighted by Gasteiger charge is -2.21. The van der Waals surface area contributed by atoms with Crippen molar-refractivity contribution >= 4 is 44.1 Å². The largest absolute Gasteiger partial charge is 0.505 e. The molecule has 0 bridgehead atoms. The molecular formula is C22H27IN4O4S. The minimum absolute atomic E-state index is 0.0491. The molecule has 0 atom stereocenters. The normalized spacial score (nSPS) is 17.8. The van der Waals surface area contributed by atoms with E-state index in [0.717, 1.165) is 35.7 Å². The molecule has 172 valence electrons. The summed E-state index contributed by atoms with van der Waals surface area (Å²) in [4.78, 5) is 13.3. The molecule has 2 N–H and O–H groups in total. The fourth-order valence-corrected chi connectivity index (χ4v) is 6.08. The summed E-state index contributed by atoms with van der Waals surface area (Å²) < 4.78 is 31.7. The third-order valence-corrected chi connectivity index (χ3v) is 7.99. The lowest BCUT2D eigenvalue weighted by Crippen LogP contribution is -2.35. The molecule has 0 radical (unpaired) electrons. The molecule has 1 saturated carbocycles. The zero-order valence-electron chi connectivity index (χ0n) is 18.1. The van der Waals surface area contributed by atoms with E-state index in [-0.39, 0.29) is 22.0 Å². The molecule has 2 aliphatic rings. The van der Waals surface area contributed by atoms with E-state index in [1.165, 1.54) is 10.7 Å². The lowest BCUT2D eigenvalue weighted by molar-refractivity contribution is 0.415. The van der Waals surface area contributed by atoms with Crippen LogP contribution in [0.25, 0.3) is 0 Å². The molecular weight excluding hydrogens is 543 g/mol. The Kier molecular flexibility index (Phi) is 6.62. The molecule has 0 spiro atoms. The fourth-order valence-electron chi connectivity index (χ4n) is 4.22. The lowest BCUT2D eigenvalue weighted by atomic mass is 10.00. The van der Waals surface area contributed by atoms with Crippen molar-refractivity contribution in [2.24, 2.45) is 16.2 Å². The van der Waals surface area contributed by atoms with Gasteiger partial charge in [-0.2, -0.15) is 13.5 Å². The standard InChI is InChI=1S/C22H27IN4O4S/c1-13(2)9-10-27-22(29)19(20(28)17(25-27)11-14-5-3-4-6-14)21-24-16-8-7-15(23)12-18(16)32(30,31)26-21/h7-8,12-14,28H,3-6,9-11H2,1-2H3,(H,24,26). The van der Waals surface area contributed by atoms with Crippen LogP contribution in [0.1, 0.15) is 57.2 Å². The zero-order chi connectivity index (χ0) is 23.0. The van der Waals surface area contributed by atoms with Crippen molar-refractivity contribution in [2.75, 3.05) is 5.32 Å². The maximum Gasteiger partial charge on any atom is 0.286 e. The Hall–Kier alpha value is -1.95. The number of hydrogen-bond donors (Lipinski definition) is 2. The molecule has 4 rings (SSSR count). The first-order chi connectivity index (χ1) is 15.2. The van der Waals surface area contributed by atoms with Gasteiger partial charge in [-0.15, -0.1) is 4.40 Å². The van der Waals surface area contributed by atoms with Gasteiger partial charge in [-0.3, -0.25) is 4.79 Å². The third kappa shape index (κ3) is 4.70. The number of amidine groups is 1. The Morgan fingerprint density at radius 2 is 2.00 bits per heavy atom. The average Bonchev–Trinajstić information content (AvgIpc) is 3.22. The molecule has 1 aliphatic carbocycles. The summed E-state index contributed by atoms with van der Waals surface area (Å²) in [6.07, 6.45) is 5.69. The Balaban J connectivity index is 1.83. The summed E-state index contributed by atoms with van der Waals surface area (Å²) in [6, 6.07) is 4.93. The van der Waals surface area contributed by atoms with Gasteiger partial charge in [-0.05, 0) is 65.5 Å². The first-order valence-electron chi connectivity index (χ1n) is 10.9. The molecule has 8 nitrogen and oxygen atoms in total. The summed E-state index contributed by atoms with van der Waals surface area (Å²) >= 11 is 2.03. The minimum atomic E-state index is -4.03. The molecule has 1 fully saturated rings. The molecule has 0 amide bonds. The van der Waals surface area contributed by atoms with Gasteiger partial charge >= 0.3 is 0 Å². The Labute approximate surface area is 201 Å². The van der Waals surface area contributed by atoms with Gasteiger partial charge in [-0.25, -0.2) is 4.68 Å². The minimum Gasteiger partial charge on any atom is -0.505 e. The van der Waals surface area contributed by atoms with Crippen LogP contribution >= 0.6 is 22.6 Å². The number of aromatic nitrogens is 2. The summed E-state index contributed by atoms with van der Waals surface area (Å²) in [6.45, 7) is 4.50. The summed E-state index contributed by atoms with van der Waals surface area (Å²) in [5, 5.41) is 18.5. The number of benzene rings is 1. The number of fused-ring (bicyclic) bond motifs is 1. The van der Waals surface area contributed by atoms with Gasteiger partial charge in [0.05, 0.1) is 5.69 Å². The van der Waals surface area contributed by atoms with Crippen LogP contribution in [0, 0.1) is 15.4 Å². The summed E-state index contributed by atoms with van der Waals surface area (Å²) in [5.74, 6) is 0.317. The molecule has 32 heavy (non-hydrogen) atoms. The number of anilines is 1. The van der Waals surface area contributed by atoms with Crippen molar-refractivity contribution in [3.8, 4) is 5.75 Å². The second-order valence-electron chi connectivity index (χ2n) is 8.92.